The normalized spacial score (nSPS) is 13.0. The first-order valence-electron chi connectivity index (χ1n) is 7.55. The number of hydrogen-bond donors (Lipinski definition) is 1. The second-order valence-electron chi connectivity index (χ2n) is 5.56. The standard InChI is InChI=1S/C17H29NO/c1-6-16(7-2)14(5)18-12-15-8-10-17(11-9-15)19-13(3)4/h8-11,13-14,16,18H,6-7,12H2,1-5H3. The van der Waals surface area contributed by atoms with Crippen LogP contribution in [0, 0.1) is 5.92 Å². The Labute approximate surface area is 118 Å². The van der Waals surface area contributed by atoms with Crippen molar-refractivity contribution in [3.05, 3.63) is 29.8 Å². The Balaban J connectivity index is 2.45. The van der Waals surface area contributed by atoms with Gasteiger partial charge in [-0.1, -0.05) is 38.8 Å². The lowest BCUT2D eigenvalue weighted by atomic mass is 9.95. The lowest BCUT2D eigenvalue weighted by Crippen LogP contribution is -2.32. The highest BCUT2D eigenvalue weighted by molar-refractivity contribution is 5.27. The van der Waals surface area contributed by atoms with Crippen LogP contribution in [0.3, 0.4) is 0 Å². The fraction of sp³-hybridized carbons (Fsp3) is 0.647. The van der Waals surface area contributed by atoms with E-state index in [1.54, 1.807) is 0 Å². The summed E-state index contributed by atoms with van der Waals surface area (Å²) in [5, 5.41) is 3.62. The quantitative estimate of drug-likeness (QED) is 0.751. The smallest absolute Gasteiger partial charge is 0.119 e. The van der Waals surface area contributed by atoms with E-state index >= 15 is 0 Å². The van der Waals surface area contributed by atoms with Gasteiger partial charge in [-0.25, -0.2) is 0 Å². The van der Waals surface area contributed by atoms with Crippen LogP contribution in [0.2, 0.25) is 0 Å². The fourth-order valence-corrected chi connectivity index (χ4v) is 2.40. The van der Waals surface area contributed by atoms with Crippen molar-refractivity contribution in [1.82, 2.24) is 5.32 Å². The van der Waals surface area contributed by atoms with Crippen LogP contribution < -0.4 is 10.1 Å². The van der Waals surface area contributed by atoms with Crippen LogP contribution in [0.1, 0.15) is 53.0 Å². The van der Waals surface area contributed by atoms with Crippen molar-refractivity contribution >= 4 is 0 Å². The van der Waals surface area contributed by atoms with Gasteiger partial charge in [0.25, 0.3) is 0 Å². The highest BCUT2D eigenvalue weighted by atomic mass is 16.5. The molecule has 1 N–H and O–H groups in total. The second kappa shape index (κ2) is 8.21. The van der Waals surface area contributed by atoms with Gasteiger partial charge in [0.15, 0.2) is 0 Å². The van der Waals surface area contributed by atoms with E-state index in [9.17, 15) is 0 Å². The predicted octanol–water partition coefficient (Wildman–Crippen LogP) is 4.39. The van der Waals surface area contributed by atoms with Crippen LogP contribution in [0.4, 0.5) is 0 Å². The maximum atomic E-state index is 5.65. The van der Waals surface area contributed by atoms with Gasteiger partial charge in [0.2, 0.25) is 0 Å². The van der Waals surface area contributed by atoms with E-state index in [0.717, 1.165) is 18.2 Å². The van der Waals surface area contributed by atoms with Crippen molar-refractivity contribution < 1.29 is 4.74 Å². The Hall–Kier alpha value is -1.02. The first-order chi connectivity index (χ1) is 9.06. The van der Waals surface area contributed by atoms with E-state index in [4.69, 9.17) is 4.74 Å². The van der Waals surface area contributed by atoms with Crippen LogP contribution in [0.5, 0.6) is 5.75 Å². The monoisotopic (exact) mass is 263 g/mol. The number of benzene rings is 1. The van der Waals surface area contributed by atoms with E-state index < -0.39 is 0 Å². The largest absolute Gasteiger partial charge is 0.491 e. The highest BCUT2D eigenvalue weighted by Gasteiger charge is 2.12. The van der Waals surface area contributed by atoms with Gasteiger partial charge in [0, 0.05) is 12.6 Å². The van der Waals surface area contributed by atoms with E-state index in [-0.39, 0.29) is 6.10 Å². The van der Waals surface area contributed by atoms with Gasteiger partial charge >= 0.3 is 0 Å². The Bertz CT molecular complexity index is 341. The summed E-state index contributed by atoms with van der Waals surface area (Å²) in [6, 6.07) is 8.97. The Morgan fingerprint density at radius 3 is 2.05 bits per heavy atom. The molecule has 1 unspecified atom stereocenters. The van der Waals surface area contributed by atoms with Crippen molar-refractivity contribution in [2.24, 2.45) is 5.92 Å². The maximum absolute atomic E-state index is 5.65. The van der Waals surface area contributed by atoms with Gasteiger partial charge in [-0.3, -0.25) is 0 Å². The summed E-state index contributed by atoms with van der Waals surface area (Å²) in [5.74, 6) is 1.72. The molecule has 108 valence electrons. The molecule has 1 rings (SSSR count). The van der Waals surface area contributed by atoms with Gasteiger partial charge in [-0.05, 0) is 44.4 Å². The molecule has 19 heavy (non-hydrogen) atoms. The highest BCUT2D eigenvalue weighted by Crippen LogP contribution is 2.16. The zero-order valence-electron chi connectivity index (χ0n) is 13.1. The summed E-state index contributed by atoms with van der Waals surface area (Å²) in [7, 11) is 0. The Kier molecular flexibility index (Phi) is 6.93. The van der Waals surface area contributed by atoms with Crippen molar-refractivity contribution in [1.29, 1.82) is 0 Å². The number of hydrogen-bond acceptors (Lipinski definition) is 2. The lowest BCUT2D eigenvalue weighted by Gasteiger charge is -2.22. The lowest BCUT2D eigenvalue weighted by molar-refractivity contribution is 0.242. The van der Waals surface area contributed by atoms with Crippen LogP contribution in [0.15, 0.2) is 24.3 Å². The molecule has 0 saturated heterocycles. The van der Waals surface area contributed by atoms with E-state index in [0.29, 0.717) is 6.04 Å². The molecule has 1 aromatic carbocycles. The zero-order chi connectivity index (χ0) is 14.3. The summed E-state index contributed by atoms with van der Waals surface area (Å²) in [6.07, 6.45) is 2.72. The third kappa shape index (κ3) is 5.65. The molecular formula is C17H29NO. The van der Waals surface area contributed by atoms with Crippen LogP contribution >= 0.6 is 0 Å². The third-order valence-electron chi connectivity index (χ3n) is 3.68. The first-order valence-corrected chi connectivity index (χ1v) is 7.55. The second-order valence-corrected chi connectivity index (χ2v) is 5.56. The summed E-state index contributed by atoms with van der Waals surface area (Å²) >= 11 is 0. The summed E-state index contributed by atoms with van der Waals surface area (Å²) in [4.78, 5) is 0. The molecule has 0 spiro atoms. The number of ether oxygens (including phenoxy) is 1. The molecule has 2 heteroatoms. The van der Waals surface area contributed by atoms with Gasteiger partial charge < -0.3 is 10.1 Å². The van der Waals surface area contributed by atoms with Crippen LogP contribution in [-0.4, -0.2) is 12.1 Å². The first kappa shape index (κ1) is 16.0. The molecule has 0 radical (unpaired) electrons. The van der Waals surface area contributed by atoms with Crippen molar-refractivity contribution in [3.63, 3.8) is 0 Å². The van der Waals surface area contributed by atoms with Gasteiger partial charge in [0.05, 0.1) is 6.10 Å². The summed E-state index contributed by atoms with van der Waals surface area (Å²) in [5.41, 5.74) is 1.31. The molecule has 2 nitrogen and oxygen atoms in total. The average molecular weight is 263 g/mol. The molecular weight excluding hydrogens is 234 g/mol. The molecule has 0 aliphatic rings. The molecule has 1 aromatic rings. The molecule has 0 heterocycles. The maximum Gasteiger partial charge on any atom is 0.119 e. The molecule has 0 bridgehead atoms. The van der Waals surface area contributed by atoms with Crippen molar-refractivity contribution in [2.75, 3.05) is 0 Å². The molecule has 1 atom stereocenters. The summed E-state index contributed by atoms with van der Waals surface area (Å²) < 4.78 is 5.65. The van der Waals surface area contributed by atoms with Crippen molar-refractivity contribution in [2.45, 2.75) is 66.2 Å². The average Bonchev–Trinajstić information content (AvgIpc) is 2.38. The van der Waals surface area contributed by atoms with E-state index in [2.05, 4.69) is 50.4 Å². The van der Waals surface area contributed by atoms with E-state index in [1.807, 2.05) is 13.8 Å². The minimum atomic E-state index is 0.235. The van der Waals surface area contributed by atoms with Crippen molar-refractivity contribution in [3.8, 4) is 5.75 Å². The third-order valence-corrected chi connectivity index (χ3v) is 3.68. The molecule has 0 amide bonds. The topological polar surface area (TPSA) is 21.3 Å². The molecule has 0 saturated carbocycles. The summed E-state index contributed by atoms with van der Waals surface area (Å²) in [6.45, 7) is 11.8. The van der Waals surface area contributed by atoms with Gasteiger partial charge in [-0.2, -0.15) is 0 Å². The van der Waals surface area contributed by atoms with Crippen LogP contribution in [0.25, 0.3) is 0 Å². The predicted molar refractivity (Wildman–Crippen MR) is 82.6 cm³/mol. The minimum Gasteiger partial charge on any atom is -0.491 e. The molecule has 0 aromatic heterocycles. The van der Waals surface area contributed by atoms with Gasteiger partial charge in [0.1, 0.15) is 5.75 Å². The van der Waals surface area contributed by atoms with Crippen LogP contribution in [-0.2, 0) is 6.54 Å². The Morgan fingerprint density at radius 2 is 1.58 bits per heavy atom. The zero-order valence-corrected chi connectivity index (χ0v) is 13.1. The molecule has 0 fully saturated rings. The van der Waals surface area contributed by atoms with E-state index in [1.165, 1.54) is 18.4 Å². The fourth-order valence-electron chi connectivity index (χ4n) is 2.40. The molecule has 0 aliphatic heterocycles. The van der Waals surface area contributed by atoms with Gasteiger partial charge in [-0.15, -0.1) is 0 Å². The molecule has 0 aliphatic carbocycles. The number of rotatable bonds is 8. The number of nitrogens with one attached hydrogen (secondary N) is 1. The SMILES string of the molecule is CCC(CC)C(C)NCc1ccc(OC(C)C)cc1. The Morgan fingerprint density at radius 1 is 1.00 bits per heavy atom. The minimum absolute atomic E-state index is 0.235.